The summed E-state index contributed by atoms with van der Waals surface area (Å²) in [5.41, 5.74) is 12.2. The first kappa shape index (κ1) is 28.4. The fourth-order valence-electron chi connectivity index (χ4n) is 8.31. The molecule has 0 aliphatic heterocycles. The van der Waals surface area contributed by atoms with Crippen LogP contribution >= 0.6 is 11.3 Å². The lowest BCUT2D eigenvalue weighted by Crippen LogP contribution is -1.96. The van der Waals surface area contributed by atoms with Gasteiger partial charge < -0.3 is 9.13 Å². The predicted molar refractivity (Wildman–Crippen MR) is 219 cm³/mol. The minimum Gasteiger partial charge on any atom is -0.309 e. The first-order valence-corrected chi connectivity index (χ1v) is 18.3. The molecule has 0 bridgehead atoms. The predicted octanol–water partition coefficient (Wildman–Crippen LogP) is 13.6. The van der Waals surface area contributed by atoms with E-state index < -0.39 is 0 Å². The third-order valence-corrected chi connectivity index (χ3v) is 11.7. The number of rotatable bonds is 4. The van der Waals surface area contributed by atoms with Crippen molar-refractivity contribution in [2.45, 2.75) is 0 Å². The molecule has 0 saturated heterocycles. The summed E-state index contributed by atoms with van der Waals surface area (Å²) in [5, 5.41) is 7.67. The second-order valence-corrected chi connectivity index (χ2v) is 14.4. The highest BCUT2D eigenvalue weighted by Crippen LogP contribution is 2.45. The highest BCUT2D eigenvalue weighted by molar-refractivity contribution is 7.26. The van der Waals surface area contributed by atoms with Gasteiger partial charge in [-0.3, -0.25) is 0 Å². The molecular formula is C48H30N2S. The van der Waals surface area contributed by atoms with Gasteiger partial charge in [0.25, 0.3) is 0 Å². The molecule has 3 heteroatoms. The van der Waals surface area contributed by atoms with Gasteiger partial charge >= 0.3 is 0 Å². The van der Waals surface area contributed by atoms with Crippen molar-refractivity contribution < 1.29 is 0 Å². The Labute approximate surface area is 298 Å². The average molecular weight is 667 g/mol. The van der Waals surface area contributed by atoms with Gasteiger partial charge in [0.2, 0.25) is 0 Å². The van der Waals surface area contributed by atoms with Crippen molar-refractivity contribution in [3.63, 3.8) is 0 Å². The second-order valence-electron chi connectivity index (χ2n) is 13.3. The summed E-state index contributed by atoms with van der Waals surface area (Å²) >= 11 is 1.88. The molecule has 0 radical (unpaired) electrons. The molecule has 3 heterocycles. The molecule has 2 nitrogen and oxygen atoms in total. The zero-order valence-corrected chi connectivity index (χ0v) is 28.4. The summed E-state index contributed by atoms with van der Waals surface area (Å²) in [6.45, 7) is 0. The first-order chi connectivity index (χ1) is 25.3. The van der Waals surface area contributed by atoms with Gasteiger partial charge in [-0.15, -0.1) is 11.3 Å². The summed E-state index contributed by atoms with van der Waals surface area (Å²) in [6, 6.07) is 66.6. The smallest absolute Gasteiger partial charge is 0.0555 e. The van der Waals surface area contributed by atoms with E-state index in [1.165, 1.54) is 97.4 Å². The van der Waals surface area contributed by atoms with Gasteiger partial charge in [-0.05, 0) is 76.9 Å². The zero-order chi connectivity index (χ0) is 33.5. The summed E-state index contributed by atoms with van der Waals surface area (Å²) in [7, 11) is 0. The third-order valence-electron chi connectivity index (χ3n) is 10.5. The van der Waals surface area contributed by atoms with Crippen LogP contribution in [-0.4, -0.2) is 9.13 Å². The fraction of sp³-hybridized carbons (Fsp3) is 0. The van der Waals surface area contributed by atoms with Crippen LogP contribution in [0, 0.1) is 0 Å². The molecule has 11 aromatic rings. The van der Waals surface area contributed by atoms with Crippen LogP contribution in [-0.2, 0) is 0 Å². The SMILES string of the molecule is c1ccc(-c2ccc(-c3cccc4sc5cccc(-n6c7ccccc7c7cc(-n8c9ccccc9c9ccccc98)ccc76)c5c34)cc2)cc1. The van der Waals surface area contributed by atoms with Gasteiger partial charge in [0.1, 0.15) is 0 Å². The normalized spacial score (nSPS) is 11.9. The van der Waals surface area contributed by atoms with E-state index >= 15 is 0 Å². The van der Waals surface area contributed by atoms with E-state index in [2.05, 4.69) is 191 Å². The molecule has 51 heavy (non-hydrogen) atoms. The van der Waals surface area contributed by atoms with Crippen molar-refractivity contribution in [2.24, 2.45) is 0 Å². The van der Waals surface area contributed by atoms with E-state index in [9.17, 15) is 0 Å². The molecule has 11 rings (SSSR count). The van der Waals surface area contributed by atoms with E-state index in [0.717, 1.165) is 0 Å². The Hall–Kier alpha value is -6.42. The molecule has 0 saturated carbocycles. The lowest BCUT2D eigenvalue weighted by atomic mass is 9.96. The van der Waals surface area contributed by atoms with Gasteiger partial charge in [-0.2, -0.15) is 0 Å². The van der Waals surface area contributed by atoms with Crippen molar-refractivity contribution in [2.75, 3.05) is 0 Å². The number of para-hydroxylation sites is 3. The Morgan fingerprint density at radius 2 is 0.863 bits per heavy atom. The summed E-state index contributed by atoms with van der Waals surface area (Å²) < 4.78 is 7.50. The van der Waals surface area contributed by atoms with E-state index in [1.54, 1.807) is 0 Å². The number of hydrogen-bond acceptors (Lipinski definition) is 1. The van der Waals surface area contributed by atoms with Crippen LogP contribution in [0.3, 0.4) is 0 Å². The van der Waals surface area contributed by atoms with Crippen molar-refractivity contribution in [3.8, 4) is 33.6 Å². The van der Waals surface area contributed by atoms with E-state index in [4.69, 9.17) is 0 Å². The first-order valence-electron chi connectivity index (χ1n) is 17.4. The maximum absolute atomic E-state index is 2.49. The van der Waals surface area contributed by atoms with Crippen LogP contribution in [0.2, 0.25) is 0 Å². The van der Waals surface area contributed by atoms with Gasteiger partial charge in [-0.25, -0.2) is 0 Å². The zero-order valence-electron chi connectivity index (χ0n) is 27.6. The van der Waals surface area contributed by atoms with Crippen molar-refractivity contribution >= 4 is 75.1 Å². The van der Waals surface area contributed by atoms with Crippen molar-refractivity contribution in [1.29, 1.82) is 0 Å². The van der Waals surface area contributed by atoms with Gasteiger partial charge in [0, 0.05) is 47.4 Å². The maximum Gasteiger partial charge on any atom is 0.0555 e. The Morgan fingerprint density at radius 1 is 0.333 bits per heavy atom. The molecule has 0 atom stereocenters. The van der Waals surface area contributed by atoms with Crippen LogP contribution in [0.5, 0.6) is 0 Å². The number of hydrogen-bond donors (Lipinski definition) is 0. The molecule has 0 aliphatic rings. The monoisotopic (exact) mass is 666 g/mol. The van der Waals surface area contributed by atoms with Crippen LogP contribution in [0.15, 0.2) is 182 Å². The number of thiophene rings is 1. The van der Waals surface area contributed by atoms with Gasteiger partial charge in [0.15, 0.2) is 0 Å². The minimum atomic E-state index is 1.17. The number of fused-ring (bicyclic) bond motifs is 9. The molecule has 0 fully saturated rings. The molecule has 238 valence electrons. The Morgan fingerprint density at radius 3 is 1.57 bits per heavy atom. The van der Waals surface area contributed by atoms with Crippen LogP contribution in [0.25, 0.3) is 97.4 Å². The molecule has 3 aromatic heterocycles. The Kier molecular flexibility index (Phi) is 6.16. The van der Waals surface area contributed by atoms with E-state index in [0.29, 0.717) is 0 Å². The van der Waals surface area contributed by atoms with Crippen LogP contribution < -0.4 is 0 Å². The summed E-state index contributed by atoms with van der Waals surface area (Å²) in [5.74, 6) is 0. The number of benzene rings is 8. The van der Waals surface area contributed by atoms with Gasteiger partial charge in [0.05, 0.1) is 27.8 Å². The Bertz CT molecular complexity index is 3070. The number of nitrogens with zero attached hydrogens (tertiary/aromatic N) is 2. The topological polar surface area (TPSA) is 9.86 Å². The standard InChI is InChI=1S/C48H30N2S/c1-2-12-31(13-3-1)32-24-26-33(27-25-32)35-17-10-22-45-47(35)48-44(21-11-23-46(48)51-45)50-42-20-9-6-16-38(42)39-30-34(28-29-43(39)50)49-40-18-7-4-14-36(40)37-15-5-8-19-41(37)49/h1-30H. The minimum absolute atomic E-state index is 1.17. The molecule has 8 aromatic carbocycles. The molecule has 0 aliphatic carbocycles. The van der Waals surface area contributed by atoms with E-state index in [1.807, 2.05) is 11.3 Å². The number of aromatic nitrogens is 2. The average Bonchev–Trinajstić information content (AvgIpc) is 3.86. The van der Waals surface area contributed by atoms with Crippen molar-refractivity contribution in [3.05, 3.63) is 182 Å². The quantitative estimate of drug-likeness (QED) is 0.177. The van der Waals surface area contributed by atoms with Crippen LogP contribution in [0.4, 0.5) is 0 Å². The summed E-state index contributed by atoms with van der Waals surface area (Å²) in [4.78, 5) is 0. The second kappa shape index (κ2) is 11.0. The van der Waals surface area contributed by atoms with Crippen LogP contribution in [0.1, 0.15) is 0 Å². The molecule has 0 spiro atoms. The van der Waals surface area contributed by atoms with Gasteiger partial charge in [-0.1, -0.05) is 127 Å². The van der Waals surface area contributed by atoms with Crippen molar-refractivity contribution in [1.82, 2.24) is 9.13 Å². The highest BCUT2D eigenvalue weighted by atomic mass is 32.1. The Balaban J connectivity index is 1.15. The molecule has 0 unspecified atom stereocenters. The largest absolute Gasteiger partial charge is 0.309 e. The van der Waals surface area contributed by atoms with E-state index in [-0.39, 0.29) is 0 Å². The molecular weight excluding hydrogens is 637 g/mol. The molecule has 0 N–H and O–H groups in total. The maximum atomic E-state index is 2.49. The third kappa shape index (κ3) is 4.22. The molecule has 0 amide bonds. The fourth-order valence-corrected chi connectivity index (χ4v) is 9.46. The lowest BCUT2D eigenvalue weighted by Gasteiger charge is -2.13. The summed E-state index contributed by atoms with van der Waals surface area (Å²) in [6.07, 6.45) is 0. The highest BCUT2D eigenvalue weighted by Gasteiger charge is 2.20. The lowest BCUT2D eigenvalue weighted by molar-refractivity contribution is 1.17.